The van der Waals surface area contributed by atoms with Crippen molar-refractivity contribution in [1.29, 1.82) is 0 Å². The maximum absolute atomic E-state index is 11.7. The first kappa shape index (κ1) is 19.5. The van der Waals surface area contributed by atoms with E-state index in [1.54, 1.807) is 20.3 Å². The predicted octanol–water partition coefficient (Wildman–Crippen LogP) is 3.34. The van der Waals surface area contributed by atoms with Gasteiger partial charge in [-0.3, -0.25) is 4.79 Å². The first-order valence-electron chi connectivity index (χ1n) is 7.79. The number of rotatable bonds is 10. The monoisotopic (exact) mass is 342 g/mol. The first-order valence-corrected chi connectivity index (χ1v) is 8.67. The molecule has 1 atom stereocenters. The molecule has 1 rings (SSSR count). The second kappa shape index (κ2) is 10.3. The lowest BCUT2D eigenvalue weighted by atomic mass is 10.1. The number of carbonyl (C=O) groups is 1. The molecule has 0 radical (unpaired) electrons. The van der Waals surface area contributed by atoms with Crippen molar-refractivity contribution in [2.75, 3.05) is 20.8 Å². The molecule has 0 aliphatic carbocycles. The van der Waals surface area contributed by atoms with Gasteiger partial charge in [-0.1, -0.05) is 39.0 Å². The Labute approximate surface area is 142 Å². The lowest BCUT2D eigenvalue weighted by Crippen LogP contribution is -2.21. The Balaban J connectivity index is 2.70. The topological polar surface area (TPSA) is 70.5 Å². The van der Waals surface area contributed by atoms with E-state index in [0.717, 1.165) is 12.8 Å². The molecule has 1 unspecified atom stereocenters. The number of hydrogen-bond acceptors (Lipinski definition) is 7. The lowest BCUT2D eigenvalue weighted by molar-refractivity contribution is -0.143. The van der Waals surface area contributed by atoms with Crippen LogP contribution in [0.4, 0.5) is 0 Å². The van der Waals surface area contributed by atoms with Crippen molar-refractivity contribution >= 4 is 17.7 Å². The Morgan fingerprint density at radius 3 is 2.30 bits per heavy atom. The summed E-state index contributed by atoms with van der Waals surface area (Å²) in [5, 5.41) is 0.613. The van der Waals surface area contributed by atoms with E-state index in [1.807, 2.05) is 6.92 Å². The SMILES string of the molecule is CCCCC(=O)OCC(Sc1nc(OC)cc(OC)n1)C(C)C. The summed E-state index contributed by atoms with van der Waals surface area (Å²) in [6.07, 6.45) is 2.30. The average Bonchev–Trinajstić information content (AvgIpc) is 2.55. The van der Waals surface area contributed by atoms with Crippen LogP contribution in [-0.2, 0) is 9.53 Å². The molecular formula is C16H26N2O4S. The number of esters is 1. The molecule has 23 heavy (non-hydrogen) atoms. The number of methoxy groups -OCH3 is 2. The van der Waals surface area contributed by atoms with Crippen LogP contribution in [0, 0.1) is 5.92 Å². The Hall–Kier alpha value is -1.50. The quantitative estimate of drug-likeness (QED) is 0.367. The van der Waals surface area contributed by atoms with Crippen LogP contribution < -0.4 is 9.47 Å². The van der Waals surface area contributed by atoms with E-state index in [4.69, 9.17) is 14.2 Å². The molecule has 1 aromatic rings. The maximum Gasteiger partial charge on any atom is 0.305 e. The van der Waals surface area contributed by atoms with Crippen molar-refractivity contribution in [2.45, 2.75) is 50.4 Å². The number of ether oxygens (including phenoxy) is 3. The molecule has 130 valence electrons. The third-order valence-corrected chi connectivity index (χ3v) is 4.60. The lowest BCUT2D eigenvalue weighted by Gasteiger charge is -2.19. The van der Waals surface area contributed by atoms with Crippen LogP contribution in [0.3, 0.4) is 0 Å². The molecule has 0 aliphatic rings. The fourth-order valence-electron chi connectivity index (χ4n) is 1.71. The fraction of sp³-hybridized carbons (Fsp3) is 0.688. The Bertz CT molecular complexity index is 475. The summed E-state index contributed by atoms with van der Waals surface area (Å²) in [5.74, 6) is 1.05. The molecule has 1 heterocycles. The number of unbranched alkanes of at least 4 members (excludes halogenated alkanes) is 1. The van der Waals surface area contributed by atoms with Gasteiger partial charge in [0.05, 0.1) is 20.3 Å². The van der Waals surface area contributed by atoms with E-state index in [1.165, 1.54) is 11.8 Å². The Morgan fingerprint density at radius 2 is 1.83 bits per heavy atom. The summed E-state index contributed by atoms with van der Waals surface area (Å²) in [7, 11) is 3.09. The van der Waals surface area contributed by atoms with Gasteiger partial charge in [-0.05, 0) is 12.3 Å². The van der Waals surface area contributed by atoms with Crippen molar-refractivity contribution in [2.24, 2.45) is 5.92 Å². The summed E-state index contributed by atoms with van der Waals surface area (Å²) >= 11 is 1.46. The van der Waals surface area contributed by atoms with Gasteiger partial charge in [0, 0.05) is 11.7 Å². The average molecular weight is 342 g/mol. The van der Waals surface area contributed by atoms with Gasteiger partial charge < -0.3 is 14.2 Å². The highest BCUT2D eigenvalue weighted by Crippen LogP contribution is 2.29. The van der Waals surface area contributed by atoms with Crippen LogP contribution in [0.2, 0.25) is 0 Å². The second-order valence-electron chi connectivity index (χ2n) is 5.42. The summed E-state index contributed by atoms with van der Waals surface area (Å²) < 4.78 is 15.7. The summed E-state index contributed by atoms with van der Waals surface area (Å²) in [6.45, 7) is 6.55. The van der Waals surface area contributed by atoms with Gasteiger partial charge in [-0.15, -0.1) is 0 Å². The van der Waals surface area contributed by atoms with Gasteiger partial charge in [0.1, 0.15) is 6.61 Å². The molecular weight excluding hydrogens is 316 g/mol. The van der Waals surface area contributed by atoms with Crippen LogP contribution in [0.15, 0.2) is 11.2 Å². The molecule has 6 nitrogen and oxygen atoms in total. The van der Waals surface area contributed by atoms with E-state index < -0.39 is 0 Å². The number of nitrogens with zero attached hydrogens (tertiary/aromatic N) is 2. The van der Waals surface area contributed by atoms with Gasteiger partial charge >= 0.3 is 5.97 Å². The number of thioether (sulfide) groups is 1. The van der Waals surface area contributed by atoms with Crippen LogP contribution >= 0.6 is 11.8 Å². The molecule has 1 aromatic heterocycles. The summed E-state index contributed by atoms with van der Waals surface area (Å²) in [6, 6.07) is 1.62. The molecule has 7 heteroatoms. The van der Waals surface area contributed by atoms with Crippen LogP contribution in [-0.4, -0.2) is 42.0 Å². The van der Waals surface area contributed by atoms with Crippen molar-refractivity contribution in [3.63, 3.8) is 0 Å². The Kier molecular flexibility index (Phi) is 8.76. The largest absolute Gasteiger partial charge is 0.481 e. The van der Waals surface area contributed by atoms with Gasteiger partial charge in [-0.25, -0.2) is 0 Å². The molecule has 0 saturated carbocycles. The predicted molar refractivity (Wildman–Crippen MR) is 90.1 cm³/mol. The normalized spacial score (nSPS) is 12.1. The fourth-order valence-corrected chi connectivity index (χ4v) is 2.68. The third-order valence-electron chi connectivity index (χ3n) is 3.22. The minimum absolute atomic E-state index is 0.0670. The van der Waals surface area contributed by atoms with Crippen molar-refractivity contribution in [3.05, 3.63) is 6.07 Å². The van der Waals surface area contributed by atoms with Crippen LogP contribution in [0.25, 0.3) is 0 Å². The van der Waals surface area contributed by atoms with Crippen molar-refractivity contribution < 1.29 is 19.0 Å². The van der Waals surface area contributed by atoms with Gasteiger partial charge in [-0.2, -0.15) is 9.97 Å². The van der Waals surface area contributed by atoms with Crippen LogP contribution in [0.5, 0.6) is 11.8 Å². The van der Waals surface area contributed by atoms with Gasteiger partial charge in [0.15, 0.2) is 5.16 Å². The summed E-state index contributed by atoms with van der Waals surface area (Å²) in [5.41, 5.74) is 0. The van der Waals surface area contributed by atoms with E-state index in [9.17, 15) is 4.79 Å². The zero-order valence-electron chi connectivity index (χ0n) is 14.5. The van der Waals surface area contributed by atoms with E-state index >= 15 is 0 Å². The van der Waals surface area contributed by atoms with Crippen molar-refractivity contribution in [3.8, 4) is 11.8 Å². The molecule has 0 amide bonds. The van der Waals surface area contributed by atoms with Crippen LogP contribution in [0.1, 0.15) is 40.0 Å². The molecule has 0 N–H and O–H groups in total. The van der Waals surface area contributed by atoms with E-state index in [2.05, 4.69) is 23.8 Å². The second-order valence-corrected chi connectivity index (χ2v) is 6.63. The highest BCUT2D eigenvalue weighted by atomic mass is 32.2. The smallest absolute Gasteiger partial charge is 0.305 e. The Morgan fingerprint density at radius 1 is 1.22 bits per heavy atom. The molecule has 0 aromatic carbocycles. The standard InChI is InChI=1S/C16H26N2O4S/c1-6-7-8-15(19)22-10-12(11(2)3)23-16-17-13(20-4)9-14(18-16)21-5/h9,11-12H,6-8,10H2,1-5H3. The van der Waals surface area contributed by atoms with E-state index in [0.29, 0.717) is 35.9 Å². The minimum Gasteiger partial charge on any atom is -0.481 e. The number of hydrogen-bond donors (Lipinski definition) is 0. The highest BCUT2D eigenvalue weighted by Gasteiger charge is 2.20. The van der Waals surface area contributed by atoms with Gasteiger partial charge in [0.2, 0.25) is 11.8 Å². The molecule has 0 spiro atoms. The zero-order valence-corrected chi connectivity index (χ0v) is 15.3. The van der Waals surface area contributed by atoms with Crippen molar-refractivity contribution in [1.82, 2.24) is 9.97 Å². The molecule has 0 bridgehead atoms. The first-order chi connectivity index (χ1) is 11.0. The molecule has 0 saturated heterocycles. The third kappa shape index (κ3) is 7.07. The summed E-state index contributed by atoms with van der Waals surface area (Å²) in [4.78, 5) is 20.3. The number of aromatic nitrogens is 2. The number of carbonyl (C=O) groups excluding carboxylic acids is 1. The molecule has 0 fully saturated rings. The highest BCUT2D eigenvalue weighted by molar-refractivity contribution is 7.99. The zero-order chi connectivity index (χ0) is 17.2. The van der Waals surface area contributed by atoms with E-state index in [-0.39, 0.29) is 11.2 Å². The minimum atomic E-state index is -0.151. The van der Waals surface area contributed by atoms with Gasteiger partial charge in [0.25, 0.3) is 0 Å². The maximum atomic E-state index is 11.7. The molecule has 0 aliphatic heterocycles.